The first kappa shape index (κ1) is 15.5. The van der Waals surface area contributed by atoms with Crippen molar-refractivity contribution in [3.8, 4) is 23.1 Å². The van der Waals surface area contributed by atoms with Crippen LogP contribution in [0.3, 0.4) is 0 Å². The molecule has 22 heavy (non-hydrogen) atoms. The zero-order valence-corrected chi connectivity index (χ0v) is 13.0. The van der Waals surface area contributed by atoms with Gasteiger partial charge in [-0.15, -0.1) is 0 Å². The van der Waals surface area contributed by atoms with Gasteiger partial charge in [-0.2, -0.15) is 5.26 Å². The van der Waals surface area contributed by atoms with E-state index in [1.165, 1.54) is 0 Å². The Balaban J connectivity index is 0.000000847. The van der Waals surface area contributed by atoms with Crippen LogP contribution in [0.4, 0.5) is 5.69 Å². The van der Waals surface area contributed by atoms with Gasteiger partial charge in [0.15, 0.2) is 0 Å². The smallest absolute Gasteiger partial charge is 0.120 e. The molecule has 0 unspecified atom stereocenters. The Hall–Kier alpha value is -2.93. The average molecular weight is 293 g/mol. The van der Waals surface area contributed by atoms with Crippen molar-refractivity contribution >= 4 is 16.6 Å². The molecule has 0 bridgehead atoms. The number of ether oxygens (including phenoxy) is 1. The van der Waals surface area contributed by atoms with Crippen molar-refractivity contribution in [1.82, 2.24) is 4.98 Å². The number of fused-ring (bicyclic) bond motifs is 1. The van der Waals surface area contributed by atoms with E-state index in [-0.39, 0.29) is 0 Å². The van der Waals surface area contributed by atoms with Gasteiger partial charge in [0.2, 0.25) is 0 Å². The molecule has 0 saturated carbocycles. The van der Waals surface area contributed by atoms with E-state index in [1.807, 2.05) is 56.3 Å². The number of nitrogens with two attached hydrogens (primary N) is 1. The van der Waals surface area contributed by atoms with Crippen molar-refractivity contribution in [1.29, 1.82) is 5.26 Å². The summed E-state index contributed by atoms with van der Waals surface area (Å²) in [4.78, 5) is 3.28. The predicted molar refractivity (Wildman–Crippen MR) is 90.8 cm³/mol. The summed E-state index contributed by atoms with van der Waals surface area (Å²) in [5.41, 5.74) is 9.65. The van der Waals surface area contributed by atoms with E-state index in [0.29, 0.717) is 11.3 Å². The summed E-state index contributed by atoms with van der Waals surface area (Å²) in [5.74, 6) is 0.757. The van der Waals surface area contributed by atoms with E-state index in [1.54, 1.807) is 7.11 Å². The van der Waals surface area contributed by atoms with Gasteiger partial charge < -0.3 is 15.5 Å². The van der Waals surface area contributed by atoms with Crippen LogP contribution in [-0.4, -0.2) is 12.1 Å². The molecule has 4 nitrogen and oxygen atoms in total. The number of hydrogen-bond acceptors (Lipinski definition) is 3. The Bertz CT molecular complexity index is 811. The Morgan fingerprint density at radius 2 is 1.77 bits per heavy atom. The molecule has 3 N–H and O–H groups in total. The van der Waals surface area contributed by atoms with Crippen LogP contribution in [0, 0.1) is 11.3 Å². The molecule has 1 heterocycles. The van der Waals surface area contributed by atoms with Crippen LogP contribution in [0.2, 0.25) is 0 Å². The van der Waals surface area contributed by atoms with Crippen LogP contribution in [0.1, 0.15) is 19.4 Å². The van der Waals surface area contributed by atoms with E-state index in [9.17, 15) is 5.26 Å². The Morgan fingerprint density at radius 1 is 1.09 bits per heavy atom. The van der Waals surface area contributed by atoms with E-state index in [0.717, 1.165) is 27.9 Å². The highest BCUT2D eigenvalue weighted by Gasteiger charge is 2.13. The van der Waals surface area contributed by atoms with Crippen molar-refractivity contribution in [2.45, 2.75) is 13.8 Å². The lowest BCUT2D eigenvalue weighted by Crippen LogP contribution is -1.85. The molecule has 0 radical (unpaired) electrons. The second-order valence-corrected chi connectivity index (χ2v) is 4.52. The van der Waals surface area contributed by atoms with Gasteiger partial charge in [-0.25, -0.2) is 0 Å². The lowest BCUT2D eigenvalue weighted by atomic mass is 10.1. The van der Waals surface area contributed by atoms with Crippen molar-refractivity contribution in [3.63, 3.8) is 0 Å². The van der Waals surface area contributed by atoms with Gasteiger partial charge in [0, 0.05) is 17.1 Å². The van der Waals surface area contributed by atoms with Gasteiger partial charge in [0.1, 0.15) is 11.8 Å². The lowest BCUT2D eigenvalue weighted by molar-refractivity contribution is 0.415. The zero-order chi connectivity index (χ0) is 16.1. The number of rotatable bonds is 2. The Kier molecular flexibility index (Phi) is 4.70. The highest BCUT2D eigenvalue weighted by atomic mass is 16.5. The van der Waals surface area contributed by atoms with Crippen LogP contribution in [0.15, 0.2) is 42.5 Å². The molecular formula is C18H19N3O. The van der Waals surface area contributed by atoms with Gasteiger partial charge in [0.05, 0.1) is 23.9 Å². The number of nitrogens with one attached hydrogen (secondary N) is 1. The predicted octanol–water partition coefficient (Wildman–Crippen LogP) is 4.32. The van der Waals surface area contributed by atoms with Crippen molar-refractivity contribution < 1.29 is 4.74 Å². The fourth-order valence-corrected chi connectivity index (χ4v) is 2.29. The number of aromatic amines is 1. The minimum absolute atomic E-state index is 0.632. The summed E-state index contributed by atoms with van der Waals surface area (Å²) in [6.45, 7) is 4.00. The van der Waals surface area contributed by atoms with Gasteiger partial charge in [-0.1, -0.05) is 26.0 Å². The summed E-state index contributed by atoms with van der Waals surface area (Å²) >= 11 is 0. The number of aromatic nitrogens is 1. The summed E-state index contributed by atoms with van der Waals surface area (Å²) < 4.78 is 5.21. The third-order valence-corrected chi connectivity index (χ3v) is 3.32. The fraction of sp³-hybridized carbons (Fsp3) is 0.167. The minimum Gasteiger partial charge on any atom is -0.497 e. The molecule has 0 saturated heterocycles. The second-order valence-electron chi connectivity index (χ2n) is 4.52. The highest BCUT2D eigenvalue weighted by molar-refractivity contribution is 5.94. The summed E-state index contributed by atoms with van der Waals surface area (Å²) in [5, 5.41) is 10.3. The number of nitrogens with zero attached hydrogens (tertiary/aromatic N) is 1. The summed E-state index contributed by atoms with van der Waals surface area (Å²) in [6, 6.07) is 15.3. The van der Waals surface area contributed by atoms with Crippen LogP contribution >= 0.6 is 0 Å². The van der Waals surface area contributed by atoms with Gasteiger partial charge >= 0.3 is 0 Å². The molecule has 0 spiro atoms. The maximum Gasteiger partial charge on any atom is 0.120 e. The number of nitriles is 1. The summed E-state index contributed by atoms with van der Waals surface area (Å²) in [6.07, 6.45) is 0. The first-order valence-electron chi connectivity index (χ1n) is 7.18. The van der Waals surface area contributed by atoms with Gasteiger partial charge in [-0.3, -0.25) is 0 Å². The molecular weight excluding hydrogens is 274 g/mol. The molecule has 0 aliphatic rings. The molecule has 0 aliphatic carbocycles. The summed E-state index contributed by atoms with van der Waals surface area (Å²) in [7, 11) is 1.62. The second kappa shape index (κ2) is 6.68. The number of benzene rings is 2. The van der Waals surface area contributed by atoms with Gasteiger partial charge in [-0.05, 0) is 29.8 Å². The maximum atomic E-state index is 9.42. The Morgan fingerprint density at radius 3 is 2.36 bits per heavy atom. The van der Waals surface area contributed by atoms with Crippen LogP contribution < -0.4 is 10.5 Å². The quantitative estimate of drug-likeness (QED) is 0.691. The third-order valence-electron chi connectivity index (χ3n) is 3.32. The number of nitrogen functional groups attached to an aromatic ring is 1. The molecule has 0 amide bonds. The third kappa shape index (κ3) is 2.75. The topological polar surface area (TPSA) is 74.8 Å². The SMILES string of the molecule is CC.COc1ccc2c(C#N)c(-c3ccc(N)cc3)[nH]c2c1. The fourth-order valence-electron chi connectivity index (χ4n) is 2.29. The number of hydrogen-bond donors (Lipinski definition) is 2. The van der Waals surface area contributed by atoms with Gasteiger partial charge in [0.25, 0.3) is 0 Å². The average Bonchev–Trinajstić information content (AvgIpc) is 2.94. The first-order valence-corrected chi connectivity index (χ1v) is 7.18. The number of anilines is 1. The molecule has 0 atom stereocenters. The highest BCUT2D eigenvalue weighted by Crippen LogP contribution is 2.31. The van der Waals surface area contributed by atoms with Crippen molar-refractivity contribution in [2.24, 2.45) is 0 Å². The van der Waals surface area contributed by atoms with E-state index in [2.05, 4.69) is 11.1 Å². The lowest BCUT2D eigenvalue weighted by Gasteiger charge is -1.99. The molecule has 2 aromatic carbocycles. The van der Waals surface area contributed by atoms with Crippen LogP contribution in [-0.2, 0) is 0 Å². The zero-order valence-electron chi connectivity index (χ0n) is 13.0. The normalized spacial score (nSPS) is 9.73. The maximum absolute atomic E-state index is 9.42. The van der Waals surface area contributed by atoms with E-state index >= 15 is 0 Å². The molecule has 4 heteroatoms. The molecule has 0 fully saturated rings. The van der Waals surface area contributed by atoms with Crippen LogP contribution in [0.25, 0.3) is 22.2 Å². The van der Waals surface area contributed by atoms with Crippen LogP contribution in [0.5, 0.6) is 5.75 Å². The minimum atomic E-state index is 0.632. The van der Waals surface area contributed by atoms with Crippen molar-refractivity contribution in [2.75, 3.05) is 12.8 Å². The molecule has 3 rings (SSSR count). The molecule has 1 aromatic heterocycles. The Labute approximate surface area is 130 Å². The molecule has 3 aromatic rings. The van der Waals surface area contributed by atoms with E-state index < -0.39 is 0 Å². The monoisotopic (exact) mass is 293 g/mol. The molecule has 112 valence electrons. The first-order chi connectivity index (χ1) is 10.7. The molecule has 0 aliphatic heterocycles. The standard InChI is InChI=1S/C16H13N3O.C2H6/c1-20-12-6-7-13-14(9-17)16(19-15(13)8-12)10-2-4-11(18)5-3-10;1-2/h2-8,19H,18H2,1H3;1-2H3. The number of methoxy groups -OCH3 is 1. The largest absolute Gasteiger partial charge is 0.497 e. The van der Waals surface area contributed by atoms with Crippen molar-refractivity contribution in [3.05, 3.63) is 48.0 Å². The number of H-pyrrole nitrogens is 1. The van der Waals surface area contributed by atoms with E-state index in [4.69, 9.17) is 10.5 Å².